The normalized spacial score (nSPS) is 11.0. The van der Waals surface area contributed by atoms with Gasteiger partial charge in [0.1, 0.15) is 19.0 Å². The Bertz CT molecular complexity index is 1150. The third-order valence-corrected chi connectivity index (χ3v) is 4.46. The summed E-state index contributed by atoms with van der Waals surface area (Å²) in [5.74, 6) is -0.834. The SMILES string of the molecule is O=C(Cn1c2ccccc2c(=O)c2ccccc21)OCc1cccc(F)c1. The summed E-state index contributed by atoms with van der Waals surface area (Å²) < 4.78 is 20.3. The molecule has 4 rings (SSSR count). The van der Waals surface area contributed by atoms with E-state index in [0.29, 0.717) is 27.4 Å². The Balaban J connectivity index is 1.69. The van der Waals surface area contributed by atoms with Gasteiger partial charge in [0.25, 0.3) is 0 Å². The van der Waals surface area contributed by atoms with Crippen LogP contribution in [-0.4, -0.2) is 10.5 Å². The van der Waals surface area contributed by atoms with E-state index >= 15 is 0 Å². The van der Waals surface area contributed by atoms with Crippen LogP contribution >= 0.6 is 0 Å². The Morgan fingerprint density at radius 3 is 2.15 bits per heavy atom. The van der Waals surface area contributed by atoms with E-state index in [2.05, 4.69) is 0 Å². The Morgan fingerprint density at radius 2 is 1.52 bits per heavy atom. The van der Waals surface area contributed by atoms with Crippen molar-refractivity contribution in [3.63, 3.8) is 0 Å². The molecule has 0 fully saturated rings. The third kappa shape index (κ3) is 3.31. The van der Waals surface area contributed by atoms with E-state index in [1.165, 1.54) is 12.1 Å². The summed E-state index contributed by atoms with van der Waals surface area (Å²) in [4.78, 5) is 25.1. The summed E-state index contributed by atoms with van der Waals surface area (Å²) in [6, 6.07) is 20.3. The van der Waals surface area contributed by atoms with Gasteiger partial charge < -0.3 is 9.30 Å². The molecule has 0 aliphatic rings. The van der Waals surface area contributed by atoms with Crippen molar-refractivity contribution in [1.82, 2.24) is 4.57 Å². The quantitative estimate of drug-likeness (QED) is 0.407. The number of carbonyl (C=O) groups excluding carboxylic acids is 1. The standard InChI is InChI=1S/C22H16FNO3/c23-16-7-5-6-15(12-16)14-27-21(25)13-24-19-10-3-1-8-17(19)22(26)18-9-2-4-11-20(18)24/h1-12H,13-14H2. The molecule has 0 spiro atoms. The van der Waals surface area contributed by atoms with Crippen LogP contribution in [0.5, 0.6) is 0 Å². The van der Waals surface area contributed by atoms with Gasteiger partial charge in [-0.1, -0.05) is 36.4 Å². The van der Waals surface area contributed by atoms with Gasteiger partial charge in [0, 0.05) is 10.8 Å². The Labute approximate surface area is 154 Å². The van der Waals surface area contributed by atoms with Gasteiger partial charge in [-0.15, -0.1) is 0 Å². The maximum atomic E-state index is 13.3. The fourth-order valence-electron chi connectivity index (χ4n) is 3.21. The van der Waals surface area contributed by atoms with E-state index < -0.39 is 5.97 Å². The lowest BCUT2D eigenvalue weighted by Gasteiger charge is -2.14. The second-order valence-corrected chi connectivity index (χ2v) is 6.24. The van der Waals surface area contributed by atoms with Crippen LogP contribution in [-0.2, 0) is 22.7 Å². The highest BCUT2D eigenvalue weighted by Gasteiger charge is 2.13. The van der Waals surface area contributed by atoms with Crippen LogP contribution in [0, 0.1) is 5.82 Å². The number of fused-ring (bicyclic) bond motifs is 2. The lowest BCUT2D eigenvalue weighted by Crippen LogP contribution is -2.18. The van der Waals surface area contributed by atoms with Gasteiger partial charge in [0.05, 0.1) is 11.0 Å². The lowest BCUT2D eigenvalue weighted by atomic mass is 10.1. The number of hydrogen-bond donors (Lipinski definition) is 0. The van der Waals surface area contributed by atoms with Gasteiger partial charge in [-0.05, 0) is 42.0 Å². The van der Waals surface area contributed by atoms with Crippen molar-refractivity contribution in [3.8, 4) is 0 Å². The molecule has 4 nitrogen and oxygen atoms in total. The highest BCUT2D eigenvalue weighted by atomic mass is 19.1. The zero-order valence-electron chi connectivity index (χ0n) is 14.4. The Kier molecular flexibility index (Phi) is 4.42. The van der Waals surface area contributed by atoms with E-state index in [1.807, 2.05) is 24.3 Å². The largest absolute Gasteiger partial charge is 0.459 e. The molecule has 0 amide bonds. The van der Waals surface area contributed by atoms with Crippen LogP contribution in [0.3, 0.4) is 0 Å². The number of halogens is 1. The van der Waals surface area contributed by atoms with Crippen molar-refractivity contribution in [1.29, 1.82) is 0 Å². The molecule has 134 valence electrons. The lowest BCUT2D eigenvalue weighted by molar-refractivity contribution is -0.145. The van der Waals surface area contributed by atoms with Crippen LogP contribution in [0.4, 0.5) is 4.39 Å². The van der Waals surface area contributed by atoms with Crippen LogP contribution in [0.25, 0.3) is 21.8 Å². The van der Waals surface area contributed by atoms with Crippen LogP contribution in [0.2, 0.25) is 0 Å². The van der Waals surface area contributed by atoms with E-state index in [4.69, 9.17) is 4.74 Å². The monoisotopic (exact) mass is 361 g/mol. The molecule has 0 aliphatic carbocycles. The number of aromatic nitrogens is 1. The first-order chi connectivity index (χ1) is 13.1. The van der Waals surface area contributed by atoms with E-state index in [0.717, 1.165) is 0 Å². The molecule has 0 unspecified atom stereocenters. The molecule has 4 aromatic rings. The number of para-hydroxylation sites is 2. The number of benzene rings is 3. The zero-order valence-corrected chi connectivity index (χ0v) is 14.4. The summed E-state index contributed by atoms with van der Waals surface area (Å²) in [5.41, 5.74) is 1.86. The molecule has 0 saturated carbocycles. The average Bonchev–Trinajstić information content (AvgIpc) is 2.70. The van der Waals surface area contributed by atoms with E-state index in [1.54, 1.807) is 41.0 Å². The van der Waals surface area contributed by atoms with Crippen molar-refractivity contribution in [2.24, 2.45) is 0 Å². The van der Waals surface area contributed by atoms with Gasteiger partial charge in [-0.3, -0.25) is 9.59 Å². The van der Waals surface area contributed by atoms with E-state index in [-0.39, 0.29) is 24.4 Å². The second-order valence-electron chi connectivity index (χ2n) is 6.24. The number of rotatable bonds is 4. The highest BCUT2D eigenvalue weighted by Crippen LogP contribution is 2.19. The van der Waals surface area contributed by atoms with Gasteiger partial charge in [-0.25, -0.2) is 4.39 Å². The number of esters is 1. The number of hydrogen-bond acceptors (Lipinski definition) is 3. The number of pyridine rings is 1. The van der Waals surface area contributed by atoms with Crippen molar-refractivity contribution in [2.75, 3.05) is 0 Å². The smallest absolute Gasteiger partial charge is 0.326 e. The summed E-state index contributed by atoms with van der Waals surface area (Å²) >= 11 is 0. The molecule has 0 radical (unpaired) electrons. The molecule has 0 saturated heterocycles. The molecule has 0 aliphatic heterocycles. The summed E-state index contributed by atoms with van der Waals surface area (Å²) in [6.45, 7) is -0.0523. The van der Waals surface area contributed by atoms with Crippen molar-refractivity contribution in [2.45, 2.75) is 13.2 Å². The molecule has 0 atom stereocenters. The third-order valence-electron chi connectivity index (χ3n) is 4.46. The number of nitrogens with zero attached hydrogens (tertiary/aromatic N) is 1. The van der Waals surface area contributed by atoms with Crippen LogP contribution in [0.15, 0.2) is 77.6 Å². The molecule has 1 heterocycles. The molecular weight excluding hydrogens is 345 g/mol. The summed E-state index contributed by atoms with van der Waals surface area (Å²) in [5, 5.41) is 1.10. The second kappa shape index (κ2) is 7.03. The van der Waals surface area contributed by atoms with Crippen LogP contribution < -0.4 is 5.43 Å². The first-order valence-corrected chi connectivity index (χ1v) is 8.54. The van der Waals surface area contributed by atoms with Crippen molar-refractivity contribution < 1.29 is 13.9 Å². The first kappa shape index (κ1) is 17.0. The maximum Gasteiger partial charge on any atom is 0.326 e. The van der Waals surface area contributed by atoms with Crippen molar-refractivity contribution in [3.05, 3.63) is 94.4 Å². The highest BCUT2D eigenvalue weighted by molar-refractivity contribution is 5.94. The maximum absolute atomic E-state index is 13.3. The molecule has 3 aromatic carbocycles. The zero-order chi connectivity index (χ0) is 18.8. The van der Waals surface area contributed by atoms with Gasteiger partial charge in [0.2, 0.25) is 0 Å². The molecule has 27 heavy (non-hydrogen) atoms. The minimum atomic E-state index is -0.460. The first-order valence-electron chi connectivity index (χ1n) is 8.54. The average molecular weight is 361 g/mol. The number of carbonyl (C=O) groups is 1. The van der Waals surface area contributed by atoms with E-state index in [9.17, 15) is 14.0 Å². The topological polar surface area (TPSA) is 48.3 Å². The summed E-state index contributed by atoms with van der Waals surface area (Å²) in [7, 11) is 0. The molecule has 1 aromatic heterocycles. The minimum absolute atomic E-state index is 0.00728. The molecule has 0 N–H and O–H groups in total. The van der Waals surface area contributed by atoms with Gasteiger partial charge in [-0.2, -0.15) is 0 Å². The number of ether oxygens (including phenoxy) is 1. The fraction of sp³-hybridized carbons (Fsp3) is 0.0909. The van der Waals surface area contributed by atoms with Crippen LogP contribution in [0.1, 0.15) is 5.56 Å². The van der Waals surface area contributed by atoms with Gasteiger partial charge >= 0.3 is 5.97 Å². The molecule has 5 heteroatoms. The minimum Gasteiger partial charge on any atom is -0.459 e. The molecule has 0 bridgehead atoms. The predicted molar refractivity (Wildman–Crippen MR) is 102 cm³/mol. The summed E-state index contributed by atoms with van der Waals surface area (Å²) in [6.07, 6.45) is 0. The Hall–Kier alpha value is -3.47. The Morgan fingerprint density at radius 1 is 0.889 bits per heavy atom. The fourth-order valence-corrected chi connectivity index (χ4v) is 3.21. The molecular formula is C22H16FNO3. The van der Waals surface area contributed by atoms with Gasteiger partial charge in [0.15, 0.2) is 5.43 Å². The predicted octanol–water partition coefficient (Wildman–Crippen LogP) is 4.04. The van der Waals surface area contributed by atoms with Crippen molar-refractivity contribution >= 4 is 27.8 Å².